The zero-order chi connectivity index (χ0) is 18.4. The van der Waals surface area contributed by atoms with E-state index in [4.69, 9.17) is 16.3 Å². The molecule has 132 valence electrons. The van der Waals surface area contributed by atoms with E-state index in [1.807, 2.05) is 30.3 Å². The first-order valence-corrected chi connectivity index (χ1v) is 8.21. The fourth-order valence-corrected chi connectivity index (χ4v) is 2.51. The minimum Gasteiger partial charge on any atom is -0.495 e. The van der Waals surface area contributed by atoms with Crippen LogP contribution in [0.15, 0.2) is 66.9 Å². The van der Waals surface area contributed by atoms with Crippen LogP contribution in [0.25, 0.3) is 0 Å². The van der Waals surface area contributed by atoms with Crippen LogP contribution in [0, 0.1) is 0 Å². The second kappa shape index (κ2) is 8.22. The molecular weight excluding hydrogens is 352 g/mol. The molecule has 0 radical (unpaired) electrons. The third kappa shape index (κ3) is 4.64. The van der Waals surface area contributed by atoms with Crippen molar-refractivity contribution >= 4 is 40.5 Å². The number of benzene rings is 2. The molecular formula is C19H17ClN4O2. The van der Waals surface area contributed by atoms with Crippen molar-refractivity contribution in [1.29, 1.82) is 0 Å². The van der Waals surface area contributed by atoms with E-state index >= 15 is 0 Å². The summed E-state index contributed by atoms with van der Waals surface area (Å²) in [5.41, 5.74) is 2.28. The number of urea groups is 1. The molecule has 0 unspecified atom stereocenters. The summed E-state index contributed by atoms with van der Waals surface area (Å²) < 4.78 is 5.13. The van der Waals surface area contributed by atoms with Crippen molar-refractivity contribution in [1.82, 2.24) is 4.98 Å². The SMILES string of the molecule is COc1ccc(Nc2ccc(NC(=O)Nc3ccccc3)nc2)cc1Cl. The summed E-state index contributed by atoms with van der Waals surface area (Å²) in [6, 6.07) is 17.7. The van der Waals surface area contributed by atoms with E-state index in [1.165, 1.54) is 0 Å². The molecule has 1 aromatic heterocycles. The lowest BCUT2D eigenvalue weighted by Gasteiger charge is -2.10. The molecule has 0 aliphatic heterocycles. The van der Waals surface area contributed by atoms with E-state index in [-0.39, 0.29) is 6.03 Å². The second-order valence-corrected chi connectivity index (χ2v) is 5.76. The number of hydrogen-bond acceptors (Lipinski definition) is 4. The molecule has 0 saturated carbocycles. The first kappa shape index (κ1) is 17.6. The molecule has 0 fully saturated rings. The van der Waals surface area contributed by atoms with Gasteiger partial charge in [-0.3, -0.25) is 5.32 Å². The van der Waals surface area contributed by atoms with Gasteiger partial charge in [0.1, 0.15) is 11.6 Å². The predicted octanol–water partition coefficient (Wildman–Crippen LogP) is 5.13. The molecule has 0 aliphatic rings. The zero-order valence-corrected chi connectivity index (χ0v) is 14.7. The van der Waals surface area contributed by atoms with Gasteiger partial charge in [0.2, 0.25) is 0 Å². The number of rotatable bonds is 5. The van der Waals surface area contributed by atoms with Crippen LogP contribution in [0.5, 0.6) is 5.75 Å². The fraction of sp³-hybridized carbons (Fsp3) is 0.0526. The highest BCUT2D eigenvalue weighted by Gasteiger charge is 2.05. The number of hydrogen-bond donors (Lipinski definition) is 3. The van der Waals surface area contributed by atoms with Crippen molar-refractivity contribution in [2.75, 3.05) is 23.1 Å². The maximum atomic E-state index is 12.0. The first-order valence-electron chi connectivity index (χ1n) is 7.84. The van der Waals surface area contributed by atoms with Crippen LogP contribution in [0.3, 0.4) is 0 Å². The number of nitrogens with one attached hydrogen (secondary N) is 3. The molecule has 7 heteroatoms. The van der Waals surface area contributed by atoms with Crippen molar-refractivity contribution in [3.63, 3.8) is 0 Å². The van der Waals surface area contributed by atoms with Crippen LogP contribution in [0.1, 0.15) is 0 Å². The van der Waals surface area contributed by atoms with E-state index in [1.54, 1.807) is 43.6 Å². The quantitative estimate of drug-likeness (QED) is 0.583. The third-order valence-electron chi connectivity index (χ3n) is 3.48. The summed E-state index contributed by atoms with van der Waals surface area (Å²) in [5.74, 6) is 1.05. The molecule has 0 atom stereocenters. The fourth-order valence-electron chi connectivity index (χ4n) is 2.25. The maximum Gasteiger partial charge on any atom is 0.324 e. The number of aromatic nitrogens is 1. The van der Waals surface area contributed by atoms with E-state index in [2.05, 4.69) is 20.9 Å². The summed E-state index contributed by atoms with van der Waals surface area (Å²) in [4.78, 5) is 16.2. The number of halogens is 1. The highest BCUT2D eigenvalue weighted by Crippen LogP contribution is 2.28. The summed E-state index contributed by atoms with van der Waals surface area (Å²) in [7, 11) is 1.57. The Morgan fingerprint density at radius 1 is 0.962 bits per heavy atom. The van der Waals surface area contributed by atoms with Crippen LogP contribution in [-0.2, 0) is 0 Å². The van der Waals surface area contributed by atoms with Crippen molar-refractivity contribution in [2.24, 2.45) is 0 Å². The molecule has 0 bridgehead atoms. The Morgan fingerprint density at radius 3 is 2.38 bits per heavy atom. The zero-order valence-electron chi connectivity index (χ0n) is 14.0. The number of pyridine rings is 1. The largest absolute Gasteiger partial charge is 0.495 e. The Hall–Kier alpha value is -3.25. The molecule has 3 rings (SSSR count). The molecule has 0 saturated heterocycles. The number of carbonyl (C=O) groups is 1. The van der Waals surface area contributed by atoms with Crippen LogP contribution in [0.2, 0.25) is 5.02 Å². The first-order chi connectivity index (χ1) is 12.6. The Kier molecular flexibility index (Phi) is 5.56. The Bertz CT molecular complexity index is 886. The summed E-state index contributed by atoms with van der Waals surface area (Å²) >= 11 is 6.11. The van der Waals surface area contributed by atoms with Gasteiger partial charge in [0.05, 0.1) is 24.0 Å². The van der Waals surface area contributed by atoms with Crippen molar-refractivity contribution < 1.29 is 9.53 Å². The van der Waals surface area contributed by atoms with Gasteiger partial charge < -0.3 is 15.4 Å². The average molecular weight is 369 g/mol. The third-order valence-corrected chi connectivity index (χ3v) is 3.77. The van der Waals surface area contributed by atoms with Crippen molar-refractivity contribution in [3.05, 3.63) is 71.9 Å². The second-order valence-electron chi connectivity index (χ2n) is 5.35. The van der Waals surface area contributed by atoms with E-state index in [0.717, 1.165) is 11.4 Å². The van der Waals surface area contributed by atoms with Crippen LogP contribution in [0.4, 0.5) is 27.7 Å². The lowest BCUT2D eigenvalue weighted by Crippen LogP contribution is -2.19. The van der Waals surface area contributed by atoms with Gasteiger partial charge in [0.15, 0.2) is 0 Å². The number of carbonyl (C=O) groups excluding carboxylic acids is 1. The van der Waals surface area contributed by atoms with Gasteiger partial charge in [-0.05, 0) is 42.5 Å². The minimum absolute atomic E-state index is 0.355. The highest BCUT2D eigenvalue weighted by molar-refractivity contribution is 6.32. The average Bonchev–Trinajstić information content (AvgIpc) is 2.64. The number of methoxy groups -OCH3 is 1. The molecule has 0 spiro atoms. The monoisotopic (exact) mass is 368 g/mol. The minimum atomic E-state index is -0.355. The number of para-hydroxylation sites is 1. The molecule has 0 aliphatic carbocycles. The smallest absolute Gasteiger partial charge is 0.324 e. The predicted molar refractivity (Wildman–Crippen MR) is 105 cm³/mol. The van der Waals surface area contributed by atoms with Gasteiger partial charge in [-0.25, -0.2) is 9.78 Å². The number of anilines is 4. The van der Waals surface area contributed by atoms with Crippen LogP contribution >= 0.6 is 11.6 Å². The number of amides is 2. The van der Waals surface area contributed by atoms with Crippen molar-refractivity contribution in [3.8, 4) is 5.75 Å². The molecule has 3 N–H and O–H groups in total. The lowest BCUT2D eigenvalue weighted by atomic mass is 10.3. The Morgan fingerprint density at radius 2 is 1.73 bits per heavy atom. The molecule has 26 heavy (non-hydrogen) atoms. The number of ether oxygens (including phenoxy) is 1. The standard InChI is InChI=1S/C19H17ClN4O2/c1-26-17-9-7-14(11-16(17)20)22-15-8-10-18(21-12-15)24-19(25)23-13-5-3-2-4-6-13/h2-12,22H,1H3,(H2,21,23,24,25). The van der Waals surface area contributed by atoms with Gasteiger partial charge in [0, 0.05) is 11.4 Å². The van der Waals surface area contributed by atoms with Gasteiger partial charge in [-0.15, -0.1) is 0 Å². The summed E-state index contributed by atoms with van der Waals surface area (Å²) in [6.45, 7) is 0. The molecule has 3 aromatic rings. The van der Waals surface area contributed by atoms with Gasteiger partial charge in [-0.1, -0.05) is 29.8 Å². The van der Waals surface area contributed by atoms with Crippen LogP contribution in [-0.4, -0.2) is 18.1 Å². The summed E-state index contributed by atoms with van der Waals surface area (Å²) in [6.07, 6.45) is 1.62. The van der Waals surface area contributed by atoms with Crippen molar-refractivity contribution in [2.45, 2.75) is 0 Å². The Balaban J connectivity index is 1.59. The van der Waals surface area contributed by atoms with E-state index in [9.17, 15) is 4.79 Å². The molecule has 2 aromatic carbocycles. The van der Waals surface area contributed by atoms with E-state index < -0.39 is 0 Å². The molecule has 6 nitrogen and oxygen atoms in total. The summed E-state index contributed by atoms with van der Waals surface area (Å²) in [5, 5.41) is 9.11. The highest BCUT2D eigenvalue weighted by atomic mass is 35.5. The molecule has 1 heterocycles. The lowest BCUT2D eigenvalue weighted by molar-refractivity contribution is 0.262. The maximum absolute atomic E-state index is 12.0. The van der Waals surface area contributed by atoms with Crippen LogP contribution < -0.4 is 20.7 Å². The Labute approximate surface area is 156 Å². The topological polar surface area (TPSA) is 75.3 Å². The number of nitrogens with zero attached hydrogens (tertiary/aromatic N) is 1. The van der Waals surface area contributed by atoms with Gasteiger partial charge in [0.25, 0.3) is 0 Å². The van der Waals surface area contributed by atoms with Gasteiger partial charge in [-0.2, -0.15) is 0 Å². The van der Waals surface area contributed by atoms with E-state index in [0.29, 0.717) is 22.3 Å². The van der Waals surface area contributed by atoms with Gasteiger partial charge >= 0.3 is 6.03 Å². The normalized spacial score (nSPS) is 10.1. The molecule has 2 amide bonds.